The van der Waals surface area contributed by atoms with E-state index >= 15 is 0 Å². The van der Waals surface area contributed by atoms with Gasteiger partial charge in [-0.15, -0.1) is 11.7 Å². The average molecular weight is 308 g/mol. The molecule has 0 unspecified atom stereocenters. The number of thioether (sulfide) groups is 1. The highest BCUT2D eigenvalue weighted by Gasteiger charge is 2.15. The lowest BCUT2D eigenvalue weighted by Crippen LogP contribution is -1.98. The summed E-state index contributed by atoms with van der Waals surface area (Å²) < 4.78 is 7.17. The Balaban J connectivity index is 2.01. The van der Waals surface area contributed by atoms with Gasteiger partial charge in [-0.2, -0.15) is 4.52 Å². The third kappa shape index (κ3) is 2.08. The molecule has 0 aliphatic rings. The molecule has 0 aliphatic carbocycles. The fraction of sp³-hybridized carbons (Fsp3) is 0.0625. The largest absolute Gasteiger partial charge is 0.461 e. The van der Waals surface area contributed by atoms with Gasteiger partial charge in [0.1, 0.15) is 0 Å². The van der Waals surface area contributed by atoms with Gasteiger partial charge in [-0.05, 0) is 24.3 Å². The summed E-state index contributed by atoms with van der Waals surface area (Å²) in [6.07, 6.45) is 3.46. The highest BCUT2D eigenvalue weighted by atomic mass is 32.2. The Morgan fingerprint density at radius 3 is 2.91 bits per heavy atom. The number of fused-ring (bicyclic) bond motifs is 3. The molecule has 0 bridgehead atoms. The molecule has 0 radical (unpaired) electrons. The van der Waals surface area contributed by atoms with Crippen LogP contribution in [-0.4, -0.2) is 25.3 Å². The second-order valence-corrected chi connectivity index (χ2v) is 5.65. The highest BCUT2D eigenvalue weighted by Crippen LogP contribution is 2.26. The monoisotopic (exact) mass is 308 g/mol. The van der Waals surface area contributed by atoms with Gasteiger partial charge >= 0.3 is 0 Å². The third-order valence-electron chi connectivity index (χ3n) is 3.22. The van der Waals surface area contributed by atoms with Gasteiger partial charge in [-0.25, -0.2) is 9.97 Å². The minimum absolute atomic E-state index is 0.559. The van der Waals surface area contributed by atoms with Gasteiger partial charge in [-0.3, -0.25) is 0 Å². The number of hydrogen-bond acceptors (Lipinski definition) is 5. The first-order valence-corrected chi connectivity index (χ1v) is 7.78. The zero-order valence-corrected chi connectivity index (χ0v) is 12.5. The van der Waals surface area contributed by atoms with Crippen molar-refractivity contribution in [2.24, 2.45) is 0 Å². The normalized spacial score (nSPS) is 11.3. The zero-order chi connectivity index (χ0) is 14.9. The van der Waals surface area contributed by atoms with E-state index in [0.29, 0.717) is 11.6 Å². The molecule has 6 heteroatoms. The molecular weight excluding hydrogens is 296 g/mol. The molecule has 3 aromatic heterocycles. The quantitative estimate of drug-likeness (QED) is 0.326. The van der Waals surface area contributed by atoms with Gasteiger partial charge in [0, 0.05) is 11.1 Å². The molecule has 4 rings (SSSR count). The van der Waals surface area contributed by atoms with Crippen LogP contribution in [0.2, 0.25) is 0 Å². The van der Waals surface area contributed by atoms with Crippen molar-refractivity contribution in [2.75, 3.05) is 5.75 Å². The number of nitrogens with zero attached hydrogens (tertiary/aromatic N) is 4. The molecule has 0 aliphatic heterocycles. The lowest BCUT2D eigenvalue weighted by Gasteiger charge is -2.04. The lowest BCUT2D eigenvalue weighted by atomic mass is 10.2. The number of furan rings is 1. The average Bonchev–Trinajstić information content (AvgIpc) is 3.21. The van der Waals surface area contributed by atoms with Gasteiger partial charge < -0.3 is 4.42 Å². The van der Waals surface area contributed by atoms with E-state index in [2.05, 4.69) is 21.6 Å². The number of benzene rings is 1. The first kappa shape index (κ1) is 13.1. The van der Waals surface area contributed by atoms with Crippen molar-refractivity contribution < 1.29 is 4.42 Å². The van der Waals surface area contributed by atoms with Crippen LogP contribution in [0.3, 0.4) is 0 Å². The van der Waals surface area contributed by atoms with E-state index < -0.39 is 0 Å². The van der Waals surface area contributed by atoms with Crippen LogP contribution >= 0.6 is 11.8 Å². The molecule has 0 amide bonds. The van der Waals surface area contributed by atoms with Gasteiger partial charge in [0.25, 0.3) is 0 Å². The van der Waals surface area contributed by atoms with Gasteiger partial charge in [-0.1, -0.05) is 30.0 Å². The Hall–Kier alpha value is -2.60. The second kappa shape index (κ2) is 5.31. The van der Waals surface area contributed by atoms with Crippen molar-refractivity contribution in [1.82, 2.24) is 19.6 Å². The molecule has 108 valence electrons. The van der Waals surface area contributed by atoms with Gasteiger partial charge in [0.15, 0.2) is 16.6 Å². The predicted molar refractivity (Wildman–Crippen MR) is 86.9 cm³/mol. The first-order valence-electron chi connectivity index (χ1n) is 6.80. The van der Waals surface area contributed by atoms with Gasteiger partial charge in [0.05, 0.1) is 11.8 Å². The molecule has 5 nitrogen and oxygen atoms in total. The van der Waals surface area contributed by atoms with E-state index in [1.54, 1.807) is 22.5 Å². The van der Waals surface area contributed by atoms with E-state index in [0.717, 1.165) is 27.5 Å². The maximum atomic E-state index is 5.40. The topological polar surface area (TPSA) is 56.2 Å². The van der Waals surface area contributed by atoms with E-state index in [-0.39, 0.29) is 0 Å². The van der Waals surface area contributed by atoms with Gasteiger partial charge in [0.2, 0.25) is 5.82 Å². The third-order valence-corrected chi connectivity index (χ3v) is 4.15. The van der Waals surface area contributed by atoms with Crippen molar-refractivity contribution in [2.45, 2.75) is 5.16 Å². The van der Waals surface area contributed by atoms with Crippen LogP contribution in [0.25, 0.3) is 28.1 Å². The maximum absolute atomic E-state index is 5.40. The molecule has 0 N–H and O–H groups in total. The number of rotatable bonds is 4. The van der Waals surface area contributed by atoms with Crippen LogP contribution in [0.1, 0.15) is 0 Å². The summed E-state index contributed by atoms with van der Waals surface area (Å²) in [6, 6.07) is 11.6. The van der Waals surface area contributed by atoms with E-state index in [1.165, 1.54) is 0 Å². The summed E-state index contributed by atoms with van der Waals surface area (Å²) in [5.41, 5.74) is 1.68. The molecule has 0 spiro atoms. The Morgan fingerprint density at radius 2 is 2.09 bits per heavy atom. The van der Waals surface area contributed by atoms with Crippen LogP contribution in [0.5, 0.6) is 0 Å². The molecule has 4 aromatic rings. The zero-order valence-electron chi connectivity index (χ0n) is 11.6. The van der Waals surface area contributed by atoms with Crippen molar-refractivity contribution in [3.05, 3.63) is 55.3 Å². The smallest absolute Gasteiger partial charge is 0.218 e. The van der Waals surface area contributed by atoms with Crippen LogP contribution in [0, 0.1) is 0 Å². The molecule has 0 saturated heterocycles. The molecule has 0 saturated carbocycles. The van der Waals surface area contributed by atoms with Crippen LogP contribution in [0.4, 0.5) is 0 Å². The molecule has 0 atom stereocenters. The van der Waals surface area contributed by atoms with Crippen LogP contribution < -0.4 is 0 Å². The summed E-state index contributed by atoms with van der Waals surface area (Å²) in [5, 5.41) is 6.31. The SMILES string of the molecule is C=CCSc1nc2ccccc2c2nc(-c3ccco3)nn12. The van der Waals surface area contributed by atoms with Crippen LogP contribution in [-0.2, 0) is 0 Å². The maximum Gasteiger partial charge on any atom is 0.218 e. The molecule has 22 heavy (non-hydrogen) atoms. The van der Waals surface area contributed by atoms with Crippen molar-refractivity contribution in [3.63, 3.8) is 0 Å². The fourth-order valence-corrected chi connectivity index (χ4v) is 2.95. The molecule has 1 aromatic carbocycles. The predicted octanol–water partition coefficient (Wildman–Crippen LogP) is 3.82. The summed E-state index contributed by atoms with van der Waals surface area (Å²) in [7, 11) is 0. The number of para-hydroxylation sites is 1. The fourth-order valence-electron chi connectivity index (χ4n) is 2.27. The summed E-state index contributed by atoms with van der Waals surface area (Å²) in [4.78, 5) is 9.31. The highest BCUT2D eigenvalue weighted by molar-refractivity contribution is 7.99. The van der Waals surface area contributed by atoms with Crippen molar-refractivity contribution in [3.8, 4) is 11.6 Å². The van der Waals surface area contributed by atoms with Crippen LogP contribution in [0.15, 0.2) is 64.9 Å². The Morgan fingerprint density at radius 1 is 1.18 bits per heavy atom. The number of hydrogen-bond donors (Lipinski definition) is 0. The second-order valence-electron chi connectivity index (χ2n) is 4.66. The van der Waals surface area contributed by atoms with Crippen molar-refractivity contribution in [1.29, 1.82) is 0 Å². The minimum Gasteiger partial charge on any atom is -0.461 e. The Labute approximate surface area is 130 Å². The molecule has 3 heterocycles. The molecular formula is C16H12N4OS. The Kier molecular flexibility index (Phi) is 3.16. The summed E-state index contributed by atoms with van der Waals surface area (Å²) >= 11 is 1.58. The summed E-state index contributed by atoms with van der Waals surface area (Å²) in [5.74, 6) is 1.96. The standard InChI is InChI=1S/C16H12N4OS/c1-2-10-22-16-17-12-7-4-3-6-11(12)15-18-14(19-20(15)16)13-8-5-9-21-13/h2-9H,1,10H2. The van der Waals surface area contributed by atoms with E-state index in [4.69, 9.17) is 4.42 Å². The Bertz CT molecular complexity index is 959. The first-order chi connectivity index (χ1) is 10.9. The van der Waals surface area contributed by atoms with E-state index in [9.17, 15) is 0 Å². The lowest BCUT2D eigenvalue weighted by molar-refractivity contribution is 0.576. The van der Waals surface area contributed by atoms with E-state index in [1.807, 2.05) is 42.5 Å². The minimum atomic E-state index is 0.559. The van der Waals surface area contributed by atoms with Crippen molar-refractivity contribution >= 4 is 28.3 Å². The number of aromatic nitrogens is 4. The summed E-state index contributed by atoms with van der Waals surface area (Å²) in [6.45, 7) is 3.76. The molecule has 0 fully saturated rings.